The van der Waals surface area contributed by atoms with Crippen LogP contribution in [0.2, 0.25) is 0 Å². The number of aliphatic hydroxyl groups is 1. The fourth-order valence-corrected chi connectivity index (χ4v) is 4.88. The molecule has 0 spiro atoms. The van der Waals surface area contributed by atoms with Gasteiger partial charge in [-0.1, -0.05) is 37.1 Å². The molecule has 1 aliphatic carbocycles. The van der Waals surface area contributed by atoms with E-state index in [-0.39, 0.29) is 23.0 Å². The molecule has 1 unspecified atom stereocenters. The molecular formula is C24H22F3N3O2. The molecule has 0 bridgehead atoms. The Hall–Kier alpha value is -3.13. The minimum atomic E-state index is -4.97. The minimum Gasteiger partial charge on any atom is -0.372 e. The first kappa shape index (κ1) is 20.8. The van der Waals surface area contributed by atoms with Gasteiger partial charge in [0.1, 0.15) is 0 Å². The number of carbonyl (C=O) groups excluding carboxylic acids is 1. The summed E-state index contributed by atoms with van der Waals surface area (Å²) in [5.74, 6) is -0.244. The third kappa shape index (κ3) is 2.97. The van der Waals surface area contributed by atoms with Crippen molar-refractivity contribution in [3.63, 3.8) is 0 Å². The van der Waals surface area contributed by atoms with Crippen LogP contribution in [0.1, 0.15) is 41.6 Å². The molecule has 1 atom stereocenters. The molecule has 5 rings (SSSR count). The molecule has 166 valence electrons. The van der Waals surface area contributed by atoms with E-state index in [9.17, 15) is 23.1 Å². The SMILES string of the molecule is Cn1cc(C(O)(c2ccc3c(cnn3C(=O)C3CCCC3)c2)C(F)(F)F)c2ccccc21. The lowest BCUT2D eigenvalue weighted by atomic mass is 9.85. The quantitative estimate of drug-likeness (QED) is 0.478. The highest BCUT2D eigenvalue weighted by molar-refractivity contribution is 5.92. The zero-order valence-corrected chi connectivity index (χ0v) is 17.4. The molecule has 2 aromatic carbocycles. The smallest absolute Gasteiger partial charge is 0.372 e. The van der Waals surface area contributed by atoms with E-state index < -0.39 is 11.8 Å². The van der Waals surface area contributed by atoms with Gasteiger partial charge in [-0.05, 0) is 36.6 Å². The van der Waals surface area contributed by atoms with Crippen molar-refractivity contribution >= 4 is 27.7 Å². The number of rotatable bonds is 3. The zero-order chi connectivity index (χ0) is 22.7. The van der Waals surface area contributed by atoms with Gasteiger partial charge in [-0.2, -0.15) is 23.0 Å². The number of aromatic nitrogens is 3. The topological polar surface area (TPSA) is 60.0 Å². The van der Waals surface area contributed by atoms with Crippen LogP contribution < -0.4 is 0 Å². The summed E-state index contributed by atoms with van der Waals surface area (Å²) in [6, 6.07) is 10.6. The highest BCUT2D eigenvalue weighted by Gasteiger charge is 2.57. The summed E-state index contributed by atoms with van der Waals surface area (Å²) in [6.07, 6.45) is 1.30. The van der Waals surface area contributed by atoms with Gasteiger partial charge < -0.3 is 9.67 Å². The summed E-state index contributed by atoms with van der Waals surface area (Å²) in [6.45, 7) is 0. The maximum absolute atomic E-state index is 14.4. The van der Waals surface area contributed by atoms with Crippen molar-refractivity contribution in [1.82, 2.24) is 14.3 Å². The molecule has 4 aromatic rings. The lowest BCUT2D eigenvalue weighted by Gasteiger charge is -2.31. The number of benzene rings is 2. The van der Waals surface area contributed by atoms with Crippen molar-refractivity contribution in [3.8, 4) is 0 Å². The van der Waals surface area contributed by atoms with Crippen LogP contribution in [0.15, 0.2) is 54.9 Å². The third-order valence-corrected chi connectivity index (χ3v) is 6.60. The third-order valence-electron chi connectivity index (χ3n) is 6.60. The van der Waals surface area contributed by atoms with Crippen molar-refractivity contribution < 1.29 is 23.1 Å². The first-order chi connectivity index (χ1) is 15.2. The summed E-state index contributed by atoms with van der Waals surface area (Å²) < 4.78 is 46.1. The van der Waals surface area contributed by atoms with Crippen LogP contribution >= 0.6 is 0 Å². The normalized spacial score (nSPS) is 17.3. The Morgan fingerprint density at radius 2 is 1.81 bits per heavy atom. The Balaban J connectivity index is 1.66. The molecule has 1 aliphatic rings. The van der Waals surface area contributed by atoms with Crippen LogP contribution in [-0.4, -0.2) is 31.5 Å². The highest BCUT2D eigenvalue weighted by atomic mass is 19.4. The van der Waals surface area contributed by atoms with Gasteiger partial charge in [-0.3, -0.25) is 4.79 Å². The lowest BCUT2D eigenvalue weighted by Crippen LogP contribution is -2.43. The number of carbonyl (C=O) groups is 1. The molecule has 1 N–H and O–H groups in total. The van der Waals surface area contributed by atoms with Gasteiger partial charge in [0.2, 0.25) is 5.60 Å². The van der Waals surface area contributed by atoms with Crippen molar-refractivity contribution in [2.24, 2.45) is 13.0 Å². The van der Waals surface area contributed by atoms with E-state index in [1.54, 1.807) is 35.9 Å². The molecule has 5 nitrogen and oxygen atoms in total. The molecule has 0 radical (unpaired) electrons. The predicted molar refractivity (Wildman–Crippen MR) is 114 cm³/mol. The van der Waals surface area contributed by atoms with E-state index >= 15 is 0 Å². The molecule has 1 saturated carbocycles. The number of hydrogen-bond donors (Lipinski definition) is 1. The fourth-order valence-electron chi connectivity index (χ4n) is 4.88. The monoisotopic (exact) mass is 441 g/mol. The highest BCUT2D eigenvalue weighted by Crippen LogP contribution is 2.47. The Labute approximate surface area is 182 Å². The Morgan fingerprint density at radius 3 is 2.53 bits per heavy atom. The van der Waals surface area contributed by atoms with Crippen molar-refractivity contribution in [3.05, 3.63) is 66.0 Å². The van der Waals surface area contributed by atoms with Gasteiger partial charge >= 0.3 is 6.18 Å². The van der Waals surface area contributed by atoms with Crippen LogP contribution in [0.3, 0.4) is 0 Å². The predicted octanol–water partition coefficient (Wildman–Crippen LogP) is 5.16. The van der Waals surface area contributed by atoms with Crippen LogP contribution in [-0.2, 0) is 12.6 Å². The van der Waals surface area contributed by atoms with Gasteiger partial charge in [0.15, 0.2) is 0 Å². The maximum atomic E-state index is 14.4. The van der Waals surface area contributed by atoms with Crippen molar-refractivity contribution in [2.45, 2.75) is 37.5 Å². The largest absolute Gasteiger partial charge is 0.425 e. The Morgan fingerprint density at radius 1 is 1.09 bits per heavy atom. The number of alkyl halides is 3. The van der Waals surface area contributed by atoms with Crippen molar-refractivity contribution in [2.75, 3.05) is 0 Å². The molecular weight excluding hydrogens is 419 g/mol. The zero-order valence-electron chi connectivity index (χ0n) is 17.4. The van der Waals surface area contributed by atoms with Crippen LogP contribution in [0.4, 0.5) is 13.2 Å². The van der Waals surface area contributed by atoms with Crippen LogP contribution in [0.5, 0.6) is 0 Å². The molecule has 0 saturated heterocycles. The summed E-state index contributed by atoms with van der Waals surface area (Å²) in [5, 5.41) is 16.1. The molecule has 0 amide bonds. The Bertz CT molecular complexity index is 1330. The second-order valence-electron chi connectivity index (χ2n) is 8.53. The number of hydrogen-bond acceptors (Lipinski definition) is 3. The summed E-state index contributed by atoms with van der Waals surface area (Å²) >= 11 is 0. The standard InChI is InChI=1S/C24H22F3N3O2/c1-29-14-19(18-8-4-5-9-21(18)29)23(32,24(25,26)27)17-10-11-20-16(12-17)13-28-30(20)22(31)15-6-2-3-7-15/h4-5,8-15,32H,2-3,6-7H2,1H3. The summed E-state index contributed by atoms with van der Waals surface area (Å²) in [7, 11) is 1.64. The molecule has 2 aromatic heterocycles. The second-order valence-corrected chi connectivity index (χ2v) is 8.53. The molecule has 32 heavy (non-hydrogen) atoms. The van der Waals surface area contributed by atoms with Gasteiger partial charge in [-0.25, -0.2) is 0 Å². The summed E-state index contributed by atoms with van der Waals surface area (Å²) in [5.41, 5.74) is -2.76. The number of nitrogens with zero attached hydrogens (tertiary/aromatic N) is 3. The number of para-hydroxylation sites is 1. The van der Waals surface area contributed by atoms with Gasteiger partial charge in [0, 0.05) is 41.0 Å². The second kappa shape index (κ2) is 7.20. The fraction of sp³-hybridized carbons (Fsp3) is 0.333. The van der Waals surface area contributed by atoms with E-state index in [2.05, 4.69) is 5.10 Å². The van der Waals surface area contributed by atoms with Crippen LogP contribution in [0, 0.1) is 5.92 Å². The average Bonchev–Trinajstić information content (AvgIpc) is 3.51. The average molecular weight is 441 g/mol. The van der Waals surface area contributed by atoms with Gasteiger partial charge in [-0.15, -0.1) is 0 Å². The number of fused-ring (bicyclic) bond motifs is 2. The van der Waals surface area contributed by atoms with Gasteiger partial charge in [0.05, 0.1) is 11.7 Å². The number of aryl methyl sites for hydroxylation is 1. The molecule has 2 heterocycles. The van der Waals surface area contributed by atoms with E-state index in [1.165, 1.54) is 35.3 Å². The van der Waals surface area contributed by atoms with Crippen molar-refractivity contribution in [1.29, 1.82) is 0 Å². The Kier molecular flexibility index (Phi) is 4.67. The first-order valence-corrected chi connectivity index (χ1v) is 10.6. The minimum absolute atomic E-state index is 0.111. The van der Waals surface area contributed by atoms with E-state index in [0.717, 1.165) is 25.7 Å². The lowest BCUT2D eigenvalue weighted by molar-refractivity contribution is -0.247. The van der Waals surface area contributed by atoms with E-state index in [1.807, 2.05) is 0 Å². The number of halogens is 3. The molecule has 8 heteroatoms. The van der Waals surface area contributed by atoms with Gasteiger partial charge in [0.25, 0.3) is 5.91 Å². The summed E-state index contributed by atoms with van der Waals surface area (Å²) in [4.78, 5) is 12.8. The molecule has 0 aliphatic heterocycles. The van der Waals surface area contributed by atoms with E-state index in [0.29, 0.717) is 21.8 Å². The molecule has 1 fully saturated rings. The van der Waals surface area contributed by atoms with E-state index in [4.69, 9.17) is 0 Å². The maximum Gasteiger partial charge on any atom is 0.425 e. The first-order valence-electron chi connectivity index (χ1n) is 10.6. The van der Waals surface area contributed by atoms with Crippen LogP contribution in [0.25, 0.3) is 21.8 Å².